The molecule has 154 valence electrons. The fourth-order valence-electron chi connectivity index (χ4n) is 3.70. The standard InChI is InChI=1S/C23H17ClN4O3/c24-16-9-7-15(8-10-16)19-12-20(21-6-3-11-31-21)28(26-19)22(29)13-27-14-25-18-5-2-1-4-17(18)23(27)30/h1-11,14,20H,12-13H2/t20-/m1/s1. The zero-order valence-electron chi connectivity index (χ0n) is 16.3. The van der Waals surface area contributed by atoms with E-state index in [1.54, 1.807) is 42.7 Å². The maximum Gasteiger partial charge on any atom is 0.263 e. The van der Waals surface area contributed by atoms with Gasteiger partial charge in [0.2, 0.25) is 0 Å². The van der Waals surface area contributed by atoms with Crippen molar-refractivity contribution in [2.24, 2.45) is 5.10 Å². The SMILES string of the molecule is O=C(Cn1cnc2ccccc2c1=O)N1N=C(c2ccc(Cl)cc2)C[C@@H]1c1ccco1. The van der Waals surface area contributed by atoms with Gasteiger partial charge in [0.05, 0.1) is 29.2 Å². The Bertz CT molecular complexity index is 1340. The van der Waals surface area contributed by atoms with Gasteiger partial charge in [-0.15, -0.1) is 0 Å². The Kier molecular flexibility index (Phi) is 4.88. The van der Waals surface area contributed by atoms with Gasteiger partial charge in [0.1, 0.15) is 18.3 Å². The van der Waals surface area contributed by atoms with Crippen molar-refractivity contribution in [3.8, 4) is 0 Å². The number of hydrazone groups is 1. The lowest BCUT2D eigenvalue weighted by molar-refractivity contribution is -0.134. The molecule has 1 amide bonds. The summed E-state index contributed by atoms with van der Waals surface area (Å²) in [6.07, 6.45) is 3.45. The van der Waals surface area contributed by atoms with Crippen molar-refractivity contribution in [2.75, 3.05) is 0 Å². The second-order valence-corrected chi connectivity index (χ2v) is 7.66. The first-order valence-corrected chi connectivity index (χ1v) is 10.1. The van der Waals surface area contributed by atoms with E-state index in [1.807, 2.05) is 24.3 Å². The van der Waals surface area contributed by atoms with Gasteiger partial charge >= 0.3 is 0 Å². The van der Waals surface area contributed by atoms with Crippen LogP contribution in [0.1, 0.15) is 23.8 Å². The van der Waals surface area contributed by atoms with Crippen LogP contribution in [0.4, 0.5) is 0 Å². The van der Waals surface area contributed by atoms with Gasteiger partial charge in [-0.1, -0.05) is 35.9 Å². The van der Waals surface area contributed by atoms with Gasteiger partial charge in [-0.25, -0.2) is 9.99 Å². The number of hydrogen-bond donors (Lipinski definition) is 0. The van der Waals surface area contributed by atoms with Gasteiger partial charge in [-0.05, 0) is 42.0 Å². The predicted octanol–water partition coefficient (Wildman–Crippen LogP) is 4.02. The summed E-state index contributed by atoms with van der Waals surface area (Å²) in [6, 6.07) is 17.5. The third-order valence-electron chi connectivity index (χ3n) is 5.25. The lowest BCUT2D eigenvalue weighted by Crippen LogP contribution is -2.34. The molecule has 8 heteroatoms. The van der Waals surface area contributed by atoms with Gasteiger partial charge < -0.3 is 4.42 Å². The number of aromatic nitrogens is 2. The summed E-state index contributed by atoms with van der Waals surface area (Å²) < 4.78 is 6.87. The molecule has 4 aromatic rings. The first-order chi connectivity index (χ1) is 15.1. The molecule has 0 unspecified atom stereocenters. The van der Waals surface area contributed by atoms with Crippen molar-refractivity contribution in [1.82, 2.24) is 14.6 Å². The normalized spacial score (nSPS) is 16.0. The number of rotatable bonds is 4. The van der Waals surface area contributed by atoms with Crippen LogP contribution in [-0.4, -0.2) is 26.2 Å². The average Bonchev–Trinajstić information content (AvgIpc) is 3.46. The van der Waals surface area contributed by atoms with Crippen LogP contribution in [0.5, 0.6) is 0 Å². The summed E-state index contributed by atoms with van der Waals surface area (Å²) in [5.41, 5.74) is 1.94. The Morgan fingerprint density at radius 2 is 1.90 bits per heavy atom. The Morgan fingerprint density at radius 1 is 1.10 bits per heavy atom. The van der Waals surface area contributed by atoms with E-state index >= 15 is 0 Å². The minimum Gasteiger partial charge on any atom is -0.467 e. The first-order valence-electron chi connectivity index (χ1n) is 9.73. The van der Waals surface area contributed by atoms with Crippen molar-refractivity contribution < 1.29 is 9.21 Å². The van der Waals surface area contributed by atoms with Crippen molar-refractivity contribution >= 4 is 34.1 Å². The molecule has 5 rings (SSSR count). The maximum absolute atomic E-state index is 13.2. The van der Waals surface area contributed by atoms with E-state index in [2.05, 4.69) is 10.1 Å². The summed E-state index contributed by atoms with van der Waals surface area (Å²) in [7, 11) is 0. The molecule has 0 N–H and O–H groups in total. The van der Waals surface area contributed by atoms with E-state index in [-0.39, 0.29) is 18.0 Å². The molecule has 0 saturated carbocycles. The molecule has 0 radical (unpaired) electrons. The maximum atomic E-state index is 13.2. The average molecular weight is 433 g/mol. The van der Waals surface area contributed by atoms with E-state index in [4.69, 9.17) is 16.0 Å². The first kappa shape index (κ1) is 19.3. The second kappa shape index (κ2) is 7.85. The van der Waals surface area contributed by atoms with E-state index < -0.39 is 6.04 Å². The number of furan rings is 1. The highest BCUT2D eigenvalue weighted by Crippen LogP contribution is 2.33. The fourth-order valence-corrected chi connectivity index (χ4v) is 3.82. The summed E-state index contributed by atoms with van der Waals surface area (Å²) >= 11 is 6.00. The van der Waals surface area contributed by atoms with Crippen molar-refractivity contribution in [3.05, 3.63) is 100.0 Å². The van der Waals surface area contributed by atoms with E-state index in [1.165, 1.54) is 15.9 Å². The molecular weight excluding hydrogens is 416 g/mol. The van der Waals surface area contributed by atoms with Gasteiger partial charge in [-0.3, -0.25) is 14.2 Å². The highest BCUT2D eigenvalue weighted by molar-refractivity contribution is 6.30. The zero-order valence-corrected chi connectivity index (χ0v) is 17.1. The number of hydrogen-bond acceptors (Lipinski definition) is 5. The number of fused-ring (bicyclic) bond motifs is 1. The van der Waals surface area contributed by atoms with Crippen LogP contribution in [0.25, 0.3) is 10.9 Å². The second-order valence-electron chi connectivity index (χ2n) is 7.22. The number of carbonyl (C=O) groups excluding carboxylic acids is 1. The van der Waals surface area contributed by atoms with Gasteiger partial charge in [0.15, 0.2) is 0 Å². The smallest absolute Gasteiger partial charge is 0.263 e. The van der Waals surface area contributed by atoms with E-state index in [0.717, 1.165) is 11.3 Å². The van der Waals surface area contributed by atoms with Crippen LogP contribution in [0.3, 0.4) is 0 Å². The summed E-state index contributed by atoms with van der Waals surface area (Å²) in [5, 5.41) is 7.06. The molecular formula is C23H17ClN4O3. The van der Waals surface area contributed by atoms with Crippen LogP contribution >= 0.6 is 11.6 Å². The summed E-state index contributed by atoms with van der Waals surface area (Å²) in [4.78, 5) is 30.3. The molecule has 1 atom stereocenters. The summed E-state index contributed by atoms with van der Waals surface area (Å²) in [5.74, 6) is 0.301. The molecule has 2 aromatic carbocycles. The number of benzene rings is 2. The van der Waals surface area contributed by atoms with Crippen LogP contribution < -0.4 is 5.56 Å². The lowest BCUT2D eigenvalue weighted by atomic mass is 10.0. The number of para-hydroxylation sites is 1. The summed E-state index contributed by atoms with van der Waals surface area (Å²) in [6.45, 7) is -0.175. The van der Waals surface area contributed by atoms with E-state index in [0.29, 0.717) is 28.1 Å². The number of carbonyl (C=O) groups is 1. The van der Waals surface area contributed by atoms with Gasteiger partial charge in [0.25, 0.3) is 11.5 Å². The van der Waals surface area contributed by atoms with Crippen LogP contribution in [-0.2, 0) is 11.3 Å². The molecule has 0 saturated heterocycles. The van der Waals surface area contributed by atoms with Crippen LogP contribution in [0.2, 0.25) is 5.02 Å². The molecule has 1 aliphatic heterocycles. The number of halogens is 1. The fraction of sp³-hybridized carbons (Fsp3) is 0.130. The van der Waals surface area contributed by atoms with E-state index in [9.17, 15) is 9.59 Å². The molecule has 1 aliphatic rings. The number of amides is 1. The Hall–Kier alpha value is -3.71. The van der Waals surface area contributed by atoms with Gasteiger partial charge in [-0.2, -0.15) is 5.10 Å². The van der Waals surface area contributed by atoms with Crippen molar-refractivity contribution in [3.63, 3.8) is 0 Å². The molecule has 7 nitrogen and oxygen atoms in total. The molecule has 0 spiro atoms. The molecule has 3 heterocycles. The quantitative estimate of drug-likeness (QED) is 0.487. The highest BCUT2D eigenvalue weighted by Gasteiger charge is 2.35. The van der Waals surface area contributed by atoms with Crippen LogP contribution in [0, 0.1) is 0 Å². The van der Waals surface area contributed by atoms with Crippen molar-refractivity contribution in [2.45, 2.75) is 19.0 Å². The Labute approximate surface area is 182 Å². The number of nitrogens with zero attached hydrogens (tertiary/aromatic N) is 4. The Morgan fingerprint density at radius 3 is 2.68 bits per heavy atom. The third kappa shape index (κ3) is 3.64. The lowest BCUT2D eigenvalue weighted by Gasteiger charge is -2.20. The van der Waals surface area contributed by atoms with Crippen LogP contribution in [0.15, 0.2) is 87.6 Å². The highest BCUT2D eigenvalue weighted by atomic mass is 35.5. The van der Waals surface area contributed by atoms with Gasteiger partial charge in [0, 0.05) is 11.4 Å². The monoisotopic (exact) mass is 432 g/mol. The molecule has 0 aliphatic carbocycles. The topological polar surface area (TPSA) is 80.7 Å². The third-order valence-corrected chi connectivity index (χ3v) is 5.50. The molecule has 31 heavy (non-hydrogen) atoms. The largest absolute Gasteiger partial charge is 0.467 e. The minimum absolute atomic E-state index is 0.175. The molecule has 0 bridgehead atoms. The molecule has 0 fully saturated rings. The minimum atomic E-state index is -0.391. The predicted molar refractivity (Wildman–Crippen MR) is 117 cm³/mol. The molecule has 2 aromatic heterocycles. The zero-order chi connectivity index (χ0) is 21.4. The Balaban J connectivity index is 1.48. The van der Waals surface area contributed by atoms with Crippen molar-refractivity contribution in [1.29, 1.82) is 0 Å².